The van der Waals surface area contributed by atoms with Crippen LogP contribution in [0.4, 0.5) is 10.1 Å². The minimum absolute atomic E-state index is 0.0374. The number of carbonyl (C=O) groups is 2. The molecular weight excluding hydrogens is 529 g/mol. The summed E-state index contributed by atoms with van der Waals surface area (Å²) in [4.78, 5) is 52.5. The van der Waals surface area contributed by atoms with Crippen LogP contribution < -0.4 is 16.4 Å². The first-order valence-electron chi connectivity index (χ1n) is 14.3. The lowest BCUT2D eigenvalue weighted by molar-refractivity contribution is -0.124. The lowest BCUT2D eigenvalue weighted by Crippen LogP contribution is -2.62. The third kappa shape index (κ3) is 6.58. The number of hydrogen-bond acceptors (Lipinski definition) is 10. The van der Waals surface area contributed by atoms with Crippen LogP contribution in [0.2, 0.25) is 0 Å². The van der Waals surface area contributed by atoms with Gasteiger partial charge in [-0.1, -0.05) is 11.2 Å². The predicted octanol–water partition coefficient (Wildman–Crippen LogP) is 1.65. The summed E-state index contributed by atoms with van der Waals surface area (Å²) in [7, 11) is 1.65. The molecule has 3 aliphatic rings. The van der Waals surface area contributed by atoms with Gasteiger partial charge in [0.15, 0.2) is 6.17 Å². The number of nitroso groups, excluding NO2 is 1. The van der Waals surface area contributed by atoms with Crippen molar-refractivity contribution in [2.45, 2.75) is 50.2 Å². The van der Waals surface area contributed by atoms with Gasteiger partial charge in [0.2, 0.25) is 5.91 Å². The summed E-state index contributed by atoms with van der Waals surface area (Å²) in [5.74, 6) is -1.71. The van der Waals surface area contributed by atoms with Gasteiger partial charge in [-0.15, -0.1) is 4.91 Å². The summed E-state index contributed by atoms with van der Waals surface area (Å²) in [5.41, 5.74) is 7.99. The molecule has 0 spiro atoms. The lowest BCUT2D eigenvalue weighted by Gasteiger charge is -2.39. The first-order chi connectivity index (χ1) is 19.9. The molecule has 220 valence electrons. The number of nitrogens with zero attached hydrogens (tertiary/aromatic N) is 6. The molecule has 0 aromatic carbocycles. The van der Waals surface area contributed by atoms with E-state index >= 15 is 0 Å². The number of carbonyl (C=O) groups excluding carboxylic acids is 2. The van der Waals surface area contributed by atoms with Crippen molar-refractivity contribution < 1.29 is 14.0 Å². The molecule has 5 rings (SSSR count). The van der Waals surface area contributed by atoms with Crippen molar-refractivity contribution >= 4 is 17.5 Å². The molecular formula is C28H38FN9O3. The van der Waals surface area contributed by atoms with Gasteiger partial charge in [-0.3, -0.25) is 29.8 Å². The number of alkyl halides is 1. The van der Waals surface area contributed by atoms with Gasteiger partial charge in [-0.2, -0.15) is 0 Å². The fourth-order valence-electron chi connectivity index (χ4n) is 6.19. The Hall–Kier alpha value is -3.39. The quantitative estimate of drug-likeness (QED) is 0.405. The Morgan fingerprint density at radius 2 is 1.90 bits per heavy atom. The molecule has 2 aromatic heterocycles. The maximum Gasteiger partial charge on any atom is 0.272 e. The zero-order valence-electron chi connectivity index (χ0n) is 23.3. The Morgan fingerprint density at radius 1 is 1.15 bits per heavy atom. The predicted molar refractivity (Wildman–Crippen MR) is 152 cm³/mol. The van der Waals surface area contributed by atoms with Gasteiger partial charge in [0, 0.05) is 55.7 Å². The van der Waals surface area contributed by atoms with Crippen LogP contribution in [0.5, 0.6) is 0 Å². The molecule has 12 nitrogen and oxygen atoms in total. The highest BCUT2D eigenvalue weighted by Crippen LogP contribution is 2.29. The Bertz CT molecular complexity index is 1220. The second-order valence-corrected chi connectivity index (χ2v) is 11.1. The number of aromatic nitrogens is 2. The molecule has 3 saturated heterocycles. The van der Waals surface area contributed by atoms with E-state index in [1.807, 2.05) is 4.90 Å². The summed E-state index contributed by atoms with van der Waals surface area (Å²) in [6, 6.07) is 5.77. The SMILES string of the molecule is CN1CC(F)CNC1C(C(=O)Nc1cnccc1-c1ccc(C(=O)N2CCC(N3CCCC3)CC2)nc1)C(N)N=O. The van der Waals surface area contributed by atoms with Crippen LogP contribution in [-0.2, 0) is 4.79 Å². The molecule has 0 aliphatic carbocycles. The highest BCUT2D eigenvalue weighted by Gasteiger charge is 2.40. The summed E-state index contributed by atoms with van der Waals surface area (Å²) < 4.78 is 13.8. The molecule has 5 heterocycles. The van der Waals surface area contributed by atoms with Crippen LogP contribution in [-0.4, -0.2) is 107 Å². The number of halogens is 1. The number of anilines is 1. The zero-order chi connectivity index (χ0) is 28.9. The number of likely N-dealkylation sites (tertiary alicyclic amines) is 2. The number of hydrogen-bond donors (Lipinski definition) is 3. The second-order valence-electron chi connectivity index (χ2n) is 11.1. The summed E-state index contributed by atoms with van der Waals surface area (Å²) >= 11 is 0. The van der Waals surface area contributed by atoms with Crippen LogP contribution in [0.15, 0.2) is 42.0 Å². The first-order valence-corrected chi connectivity index (χ1v) is 14.3. The lowest BCUT2D eigenvalue weighted by atomic mass is 9.98. The third-order valence-electron chi connectivity index (χ3n) is 8.42. The number of amides is 2. The van der Waals surface area contributed by atoms with Crippen LogP contribution in [0.3, 0.4) is 0 Å². The second kappa shape index (κ2) is 13.1. The zero-order valence-corrected chi connectivity index (χ0v) is 23.3. The van der Waals surface area contributed by atoms with E-state index in [1.165, 1.54) is 19.0 Å². The fraction of sp³-hybridized carbons (Fsp3) is 0.571. The molecule has 4 atom stereocenters. The van der Waals surface area contributed by atoms with Gasteiger partial charge in [0.1, 0.15) is 17.8 Å². The normalized spacial score (nSPS) is 24.1. The first kappa shape index (κ1) is 29.1. The number of nitrogens with two attached hydrogens (primary N) is 1. The van der Waals surface area contributed by atoms with Crippen molar-refractivity contribution in [1.29, 1.82) is 0 Å². The Labute approximate surface area is 238 Å². The number of rotatable bonds is 8. The molecule has 0 bridgehead atoms. The van der Waals surface area contributed by atoms with Gasteiger partial charge < -0.3 is 20.9 Å². The van der Waals surface area contributed by atoms with Crippen molar-refractivity contribution in [2.75, 3.05) is 51.6 Å². The number of nitrogens with one attached hydrogen (secondary N) is 2. The van der Waals surface area contributed by atoms with E-state index in [0.29, 0.717) is 28.6 Å². The van der Waals surface area contributed by atoms with Crippen molar-refractivity contribution in [3.8, 4) is 11.1 Å². The standard InChI is InChI=1S/C28H38FN9O3/c1-36-17-19(29)15-33-26(36)24(25(30)35-41)27(39)34-23-16-31-9-6-21(23)18-4-5-22(32-14-18)28(40)38-12-7-20(8-13-38)37-10-2-3-11-37/h4-6,9,14,16,19-20,24-26,33H,2-3,7-8,10-13,15,17,30H2,1H3,(H,34,39). The van der Waals surface area contributed by atoms with E-state index in [1.54, 1.807) is 42.5 Å². The van der Waals surface area contributed by atoms with E-state index < -0.39 is 30.3 Å². The van der Waals surface area contributed by atoms with E-state index in [-0.39, 0.29) is 19.0 Å². The van der Waals surface area contributed by atoms with E-state index in [0.717, 1.165) is 39.0 Å². The van der Waals surface area contributed by atoms with Crippen LogP contribution >= 0.6 is 0 Å². The maximum atomic E-state index is 13.8. The molecule has 3 fully saturated rings. The minimum atomic E-state index is -1.35. The third-order valence-corrected chi connectivity index (χ3v) is 8.42. The summed E-state index contributed by atoms with van der Waals surface area (Å²) in [6.45, 7) is 3.90. The average Bonchev–Trinajstić information content (AvgIpc) is 3.54. The molecule has 13 heteroatoms. The molecule has 2 amide bonds. The van der Waals surface area contributed by atoms with Crippen molar-refractivity contribution in [2.24, 2.45) is 16.8 Å². The van der Waals surface area contributed by atoms with Crippen LogP contribution in [0, 0.1) is 10.8 Å². The molecule has 0 radical (unpaired) electrons. The smallest absolute Gasteiger partial charge is 0.272 e. The van der Waals surface area contributed by atoms with E-state index in [9.17, 15) is 18.9 Å². The Balaban J connectivity index is 1.27. The highest BCUT2D eigenvalue weighted by atomic mass is 19.1. The average molecular weight is 568 g/mol. The van der Waals surface area contributed by atoms with Crippen LogP contribution in [0.1, 0.15) is 36.2 Å². The van der Waals surface area contributed by atoms with Gasteiger partial charge >= 0.3 is 0 Å². The molecule has 0 saturated carbocycles. The monoisotopic (exact) mass is 567 g/mol. The maximum absolute atomic E-state index is 13.8. The summed E-state index contributed by atoms with van der Waals surface area (Å²) in [5, 5.41) is 8.67. The molecule has 4 unspecified atom stereocenters. The van der Waals surface area contributed by atoms with E-state index in [4.69, 9.17) is 5.73 Å². The van der Waals surface area contributed by atoms with Crippen LogP contribution in [0.25, 0.3) is 11.1 Å². The molecule has 2 aromatic rings. The number of piperidine rings is 1. The fourth-order valence-corrected chi connectivity index (χ4v) is 6.19. The van der Waals surface area contributed by atoms with Gasteiger partial charge in [-0.05, 0) is 58.0 Å². The Morgan fingerprint density at radius 3 is 2.56 bits per heavy atom. The highest BCUT2D eigenvalue weighted by molar-refractivity contribution is 5.97. The largest absolute Gasteiger partial charge is 0.337 e. The summed E-state index contributed by atoms with van der Waals surface area (Å²) in [6.07, 6.45) is 6.03. The topological polar surface area (TPSA) is 149 Å². The van der Waals surface area contributed by atoms with Gasteiger partial charge in [-0.25, -0.2) is 4.39 Å². The Kier molecular flexibility index (Phi) is 9.28. The van der Waals surface area contributed by atoms with Gasteiger partial charge in [0.05, 0.1) is 18.1 Å². The van der Waals surface area contributed by atoms with E-state index in [2.05, 4.69) is 30.7 Å². The van der Waals surface area contributed by atoms with Crippen molar-refractivity contribution in [1.82, 2.24) is 30.0 Å². The molecule has 3 aliphatic heterocycles. The number of pyridine rings is 2. The molecule has 4 N–H and O–H groups in total. The van der Waals surface area contributed by atoms with Gasteiger partial charge in [0.25, 0.3) is 5.91 Å². The van der Waals surface area contributed by atoms with Crippen molar-refractivity contribution in [3.63, 3.8) is 0 Å². The van der Waals surface area contributed by atoms with Crippen molar-refractivity contribution in [3.05, 3.63) is 47.4 Å². The minimum Gasteiger partial charge on any atom is -0.337 e. The molecule has 41 heavy (non-hydrogen) atoms.